The van der Waals surface area contributed by atoms with E-state index in [1.807, 2.05) is 6.92 Å². The van der Waals surface area contributed by atoms with Crippen LogP contribution in [0.4, 0.5) is 0 Å². The molecule has 1 heteroatoms. The van der Waals surface area contributed by atoms with Crippen molar-refractivity contribution in [2.45, 2.75) is 52.6 Å². The molecule has 0 radical (unpaired) electrons. The maximum absolute atomic E-state index is 10.3. The largest absolute Gasteiger partial charge is 0.390 e. The lowest BCUT2D eigenvalue weighted by atomic mass is 9.88. The lowest BCUT2D eigenvalue weighted by Gasteiger charge is -2.25. The number of hydrogen-bond acceptors (Lipinski definition) is 1. The maximum atomic E-state index is 10.3. The van der Waals surface area contributed by atoms with E-state index in [0.717, 1.165) is 19.3 Å². The smallest absolute Gasteiger partial charge is 0.0662 e. The highest BCUT2D eigenvalue weighted by atomic mass is 16.3. The molecule has 0 aromatic heterocycles. The zero-order valence-corrected chi connectivity index (χ0v) is 11.0. The predicted molar refractivity (Wildman–Crippen MR) is 69.6 cm³/mol. The molecule has 1 aromatic rings. The highest BCUT2D eigenvalue weighted by Gasteiger charge is 2.21. The van der Waals surface area contributed by atoms with Gasteiger partial charge in [-0.1, -0.05) is 45.0 Å². The van der Waals surface area contributed by atoms with Gasteiger partial charge in [0.25, 0.3) is 0 Å². The molecule has 0 spiro atoms. The lowest BCUT2D eigenvalue weighted by molar-refractivity contribution is 0.0388. The van der Waals surface area contributed by atoms with E-state index in [4.69, 9.17) is 0 Å². The Morgan fingerprint density at radius 2 is 1.62 bits per heavy atom. The molecule has 1 rings (SSSR count). The second kappa shape index (κ2) is 5.49. The number of benzene rings is 1. The van der Waals surface area contributed by atoms with Gasteiger partial charge in [-0.2, -0.15) is 0 Å². The highest BCUT2D eigenvalue weighted by molar-refractivity contribution is 5.23. The molecule has 0 fully saturated rings. The number of aryl methyl sites for hydroxylation is 1. The fraction of sp³-hybridized carbons (Fsp3) is 0.600. The van der Waals surface area contributed by atoms with Gasteiger partial charge in [-0.25, -0.2) is 0 Å². The van der Waals surface area contributed by atoms with Crippen molar-refractivity contribution in [2.24, 2.45) is 5.92 Å². The third kappa shape index (κ3) is 4.36. The number of rotatable bonds is 5. The van der Waals surface area contributed by atoms with Crippen LogP contribution in [0.1, 0.15) is 45.2 Å². The molecule has 0 saturated heterocycles. The minimum atomic E-state index is -0.581. The zero-order valence-electron chi connectivity index (χ0n) is 11.0. The van der Waals surface area contributed by atoms with Gasteiger partial charge in [-0.15, -0.1) is 0 Å². The van der Waals surface area contributed by atoms with Gasteiger partial charge in [-0.3, -0.25) is 0 Å². The van der Waals surface area contributed by atoms with E-state index in [1.54, 1.807) is 0 Å². The van der Waals surface area contributed by atoms with E-state index in [9.17, 15) is 5.11 Å². The summed E-state index contributed by atoms with van der Waals surface area (Å²) in [5.41, 5.74) is 2.00. The van der Waals surface area contributed by atoms with E-state index in [1.165, 1.54) is 11.1 Å². The molecule has 1 N–H and O–H groups in total. The quantitative estimate of drug-likeness (QED) is 0.804. The fourth-order valence-corrected chi connectivity index (χ4v) is 2.28. The molecular weight excluding hydrogens is 196 g/mol. The average molecular weight is 220 g/mol. The first-order valence-electron chi connectivity index (χ1n) is 6.23. The Bertz CT molecular complexity index is 309. The first-order chi connectivity index (χ1) is 7.43. The van der Waals surface area contributed by atoms with E-state index in [-0.39, 0.29) is 0 Å². The Morgan fingerprint density at radius 1 is 1.12 bits per heavy atom. The summed E-state index contributed by atoms with van der Waals surface area (Å²) in [5, 5.41) is 10.3. The van der Waals surface area contributed by atoms with Crippen LogP contribution in [0.5, 0.6) is 0 Å². The average Bonchev–Trinajstić information content (AvgIpc) is 2.16. The van der Waals surface area contributed by atoms with Gasteiger partial charge in [0.15, 0.2) is 0 Å². The van der Waals surface area contributed by atoms with Crippen molar-refractivity contribution >= 4 is 0 Å². The van der Waals surface area contributed by atoms with E-state index >= 15 is 0 Å². The van der Waals surface area contributed by atoms with E-state index in [2.05, 4.69) is 45.0 Å². The summed E-state index contributed by atoms with van der Waals surface area (Å²) in [6, 6.07) is 8.57. The lowest BCUT2D eigenvalue weighted by Crippen LogP contribution is -2.29. The Kier molecular flexibility index (Phi) is 4.55. The second-order valence-electron chi connectivity index (χ2n) is 5.44. The maximum Gasteiger partial charge on any atom is 0.0662 e. The Labute approximate surface area is 99.5 Å². The van der Waals surface area contributed by atoms with Crippen molar-refractivity contribution < 1.29 is 5.11 Å². The van der Waals surface area contributed by atoms with Gasteiger partial charge in [0.2, 0.25) is 0 Å². The monoisotopic (exact) mass is 220 g/mol. The topological polar surface area (TPSA) is 20.2 Å². The van der Waals surface area contributed by atoms with Gasteiger partial charge in [0.05, 0.1) is 5.60 Å². The Balaban J connectivity index is 2.64. The van der Waals surface area contributed by atoms with Gasteiger partial charge in [-0.05, 0) is 36.8 Å². The summed E-state index contributed by atoms with van der Waals surface area (Å²) in [7, 11) is 0. The van der Waals surface area contributed by atoms with Gasteiger partial charge >= 0.3 is 0 Å². The van der Waals surface area contributed by atoms with Crippen molar-refractivity contribution in [2.75, 3.05) is 0 Å². The van der Waals surface area contributed by atoms with Crippen LogP contribution in [-0.4, -0.2) is 10.7 Å². The van der Waals surface area contributed by atoms with Gasteiger partial charge in [0, 0.05) is 6.42 Å². The minimum Gasteiger partial charge on any atom is -0.390 e. The molecule has 0 bridgehead atoms. The molecular formula is C15H24O. The Hall–Kier alpha value is -0.820. The highest BCUT2D eigenvalue weighted by Crippen LogP contribution is 2.21. The molecule has 1 atom stereocenters. The SMILES string of the molecule is CCc1ccc(CC(C)(O)CC(C)C)cc1. The third-order valence-electron chi connectivity index (χ3n) is 2.86. The third-order valence-corrected chi connectivity index (χ3v) is 2.86. The van der Waals surface area contributed by atoms with Crippen LogP contribution in [0.15, 0.2) is 24.3 Å². The number of aliphatic hydroxyl groups is 1. The predicted octanol–water partition coefficient (Wildman–Crippen LogP) is 3.59. The molecule has 0 amide bonds. The van der Waals surface area contributed by atoms with Crippen molar-refractivity contribution in [3.05, 3.63) is 35.4 Å². The summed E-state index contributed by atoms with van der Waals surface area (Å²) >= 11 is 0. The van der Waals surface area contributed by atoms with Crippen LogP contribution in [0, 0.1) is 5.92 Å². The van der Waals surface area contributed by atoms with Crippen LogP contribution in [0.3, 0.4) is 0 Å². The Morgan fingerprint density at radius 3 is 2.06 bits per heavy atom. The molecule has 1 aromatic carbocycles. The molecule has 16 heavy (non-hydrogen) atoms. The van der Waals surface area contributed by atoms with Crippen molar-refractivity contribution in [3.63, 3.8) is 0 Å². The summed E-state index contributed by atoms with van der Waals surface area (Å²) in [6.07, 6.45) is 2.67. The molecule has 0 saturated carbocycles. The van der Waals surface area contributed by atoms with E-state index in [0.29, 0.717) is 5.92 Å². The van der Waals surface area contributed by atoms with Gasteiger partial charge in [0.1, 0.15) is 0 Å². The minimum absolute atomic E-state index is 0.532. The number of hydrogen-bond donors (Lipinski definition) is 1. The summed E-state index contributed by atoms with van der Waals surface area (Å²) in [6.45, 7) is 8.38. The van der Waals surface area contributed by atoms with Crippen LogP contribution >= 0.6 is 0 Å². The van der Waals surface area contributed by atoms with Crippen molar-refractivity contribution in [1.29, 1.82) is 0 Å². The first-order valence-corrected chi connectivity index (χ1v) is 6.23. The first kappa shape index (κ1) is 13.2. The van der Waals surface area contributed by atoms with Crippen LogP contribution in [-0.2, 0) is 12.8 Å². The molecule has 90 valence electrons. The molecule has 0 aliphatic carbocycles. The summed E-state index contributed by atoms with van der Waals surface area (Å²) in [4.78, 5) is 0. The summed E-state index contributed by atoms with van der Waals surface area (Å²) in [5.74, 6) is 0.532. The standard InChI is InChI=1S/C15H24O/c1-5-13-6-8-14(9-7-13)11-15(4,16)10-12(2)3/h6-9,12,16H,5,10-11H2,1-4H3. The van der Waals surface area contributed by atoms with Crippen molar-refractivity contribution in [1.82, 2.24) is 0 Å². The molecule has 1 nitrogen and oxygen atoms in total. The van der Waals surface area contributed by atoms with Crippen LogP contribution in [0.25, 0.3) is 0 Å². The molecule has 0 aliphatic rings. The van der Waals surface area contributed by atoms with Crippen LogP contribution in [0.2, 0.25) is 0 Å². The normalized spacial score (nSPS) is 15.1. The zero-order chi connectivity index (χ0) is 12.2. The van der Waals surface area contributed by atoms with Gasteiger partial charge < -0.3 is 5.11 Å². The van der Waals surface area contributed by atoms with Crippen LogP contribution < -0.4 is 0 Å². The summed E-state index contributed by atoms with van der Waals surface area (Å²) < 4.78 is 0. The van der Waals surface area contributed by atoms with E-state index < -0.39 is 5.60 Å². The van der Waals surface area contributed by atoms with Crippen molar-refractivity contribution in [3.8, 4) is 0 Å². The second-order valence-corrected chi connectivity index (χ2v) is 5.44. The molecule has 0 heterocycles. The molecule has 0 aliphatic heterocycles. The fourth-order valence-electron chi connectivity index (χ4n) is 2.28. The molecule has 1 unspecified atom stereocenters.